The molecule has 2 heterocycles. The second-order valence-electron chi connectivity index (χ2n) is 5.36. The van der Waals surface area contributed by atoms with Gasteiger partial charge in [-0.15, -0.1) is 0 Å². The third-order valence-electron chi connectivity index (χ3n) is 3.53. The molecule has 0 amide bonds. The van der Waals surface area contributed by atoms with Crippen LogP contribution in [0.5, 0.6) is 0 Å². The molecule has 0 aliphatic rings. The SMILES string of the molecule is Nc1cc(Cn2nc(-c3ccccc3)cc(C(F)(F)F)c2=O)ccn1. The molecule has 0 aliphatic carbocycles. The van der Waals surface area contributed by atoms with Crippen molar-refractivity contribution in [2.45, 2.75) is 12.7 Å². The molecule has 0 bridgehead atoms. The van der Waals surface area contributed by atoms with Gasteiger partial charge < -0.3 is 5.73 Å². The van der Waals surface area contributed by atoms with Gasteiger partial charge in [0.2, 0.25) is 0 Å². The number of aromatic nitrogens is 3. The lowest BCUT2D eigenvalue weighted by molar-refractivity contribution is -0.139. The van der Waals surface area contributed by atoms with Gasteiger partial charge in [0.25, 0.3) is 5.56 Å². The van der Waals surface area contributed by atoms with Crippen molar-refractivity contribution in [1.29, 1.82) is 0 Å². The second-order valence-corrected chi connectivity index (χ2v) is 5.36. The van der Waals surface area contributed by atoms with Gasteiger partial charge in [-0.1, -0.05) is 30.3 Å². The van der Waals surface area contributed by atoms with Crippen LogP contribution in [0.2, 0.25) is 0 Å². The third kappa shape index (κ3) is 3.68. The van der Waals surface area contributed by atoms with E-state index in [9.17, 15) is 18.0 Å². The number of nitrogens with zero attached hydrogens (tertiary/aromatic N) is 3. The molecule has 128 valence electrons. The summed E-state index contributed by atoms with van der Waals surface area (Å²) in [7, 11) is 0. The number of benzene rings is 1. The number of alkyl halides is 3. The second kappa shape index (κ2) is 6.39. The zero-order chi connectivity index (χ0) is 18.0. The number of halogens is 3. The number of pyridine rings is 1. The monoisotopic (exact) mass is 346 g/mol. The zero-order valence-corrected chi connectivity index (χ0v) is 12.9. The minimum absolute atomic E-state index is 0.0644. The van der Waals surface area contributed by atoms with E-state index in [0.29, 0.717) is 11.1 Å². The lowest BCUT2D eigenvalue weighted by Crippen LogP contribution is -2.31. The van der Waals surface area contributed by atoms with Crippen molar-refractivity contribution in [3.05, 3.63) is 76.2 Å². The molecule has 0 unspecified atom stereocenters. The topological polar surface area (TPSA) is 73.8 Å². The molecule has 8 heteroatoms. The van der Waals surface area contributed by atoms with Crippen LogP contribution in [0, 0.1) is 0 Å². The zero-order valence-electron chi connectivity index (χ0n) is 12.9. The Kier molecular flexibility index (Phi) is 4.26. The van der Waals surface area contributed by atoms with Gasteiger partial charge in [0.15, 0.2) is 0 Å². The average molecular weight is 346 g/mol. The quantitative estimate of drug-likeness (QED) is 0.791. The summed E-state index contributed by atoms with van der Waals surface area (Å²) in [5, 5.41) is 4.08. The van der Waals surface area contributed by atoms with E-state index in [-0.39, 0.29) is 18.1 Å². The highest BCUT2D eigenvalue weighted by Gasteiger charge is 2.35. The highest BCUT2D eigenvalue weighted by molar-refractivity contribution is 5.59. The number of hydrogen-bond donors (Lipinski definition) is 1. The molecule has 2 N–H and O–H groups in total. The molecule has 0 radical (unpaired) electrons. The lowest BCUT2D eigenvalue weighted by Gasteiger charge is -2.13. The lowest BCUT2D eigenvalue weighted by atomic mass is 10.1. The maximum atomic E-state index is 13.3. The number of anilines is 1. The van der Waals surface area contributed by atoms with E-state index in [1.54, 1.807) is 36.4 Å². The van der Waals surface area contributed by atoms with Gasteiger partial charge in [-0.2, -0.15) is 18.3 Å². The predicted octanol–water partition coefficient (Wildman–Crippen LogP) is 2.95. The summed E-state index contributed by atoms with van der Waals surface area (Å²) in [5.74, 6) is 0.209. The maximum absolute atomic E-state index is 13.3. The Balaban J connectivity index is 2.15. The van der Waals surface area contributed by atoms with Crippen LogP contribution in [0.4, 0.5) is 19.0 Å². The summed E-state index contributed by atoms with van der Waals surface area (Å²) in [4.78, 5) is 16.0. The van der Waals surface area contributed by atoms with Gasteiger partial charge >= 0.3 is 6.18 Å². The van der Waals surface area contributed by atoms with Gasteiger partial charge in [-0.25, -0.2) is 9.67 Å². The Bertz CT molecular complexity index is 952. The standard InChI is InChI=1S/C17H13F3N4O/c18-17(19,20)13-9-14(12-4-2-1-3-5-12)23-24(16(13)25)10-11-6-7-22-15(21)8-11/h1-9H,10H2,(H2,21,22). The molecule has 3 aromatic rings. The number of nitrogens with two attached hydrogens (primary N) is 1. The van der Waals surface area contributed by atoms with Gasteiger partial charge in [-0.05, 0) is 23.8 Å². The third-order valence-corrected chi connectivity index (χ3v) is 3.53. The van der Waals surface area contributed by atoms with Crippen LogP contribution >= 0.6 is 0 Å². The fraction of sp³-hybridized carbons (Fsp3) is 0.118. The summed E-state index contributed by atoms with van der Waals surface area (Å²) >= 11 is 0. The molecular weight excluding hydrogens is 333 g/mol. The van der Waals surface area contributed by atoms with Gasteiger partial charge in [-0.3, -0.25) is 4.79 Å². The van der Waals surface area contributed by atoms with E-state index in [2.05, 4.69) is 10.1 Å². The van der Waals surface area contributed by atoms with Crippen LogP contribution in [-0.4, -0.2) is 14.8 Å². The molecule has 0 atom stereocenters. The van der Waals surface area contributed by atoms with E-state index >= 15 is 0 Å². The van der Waals surface area contributed by atoms with Crippen LogP contribution in [0.25, 0.3) is 11.3 Å². The van der Waals surface area contributed by atoms with E-state index in [4.69, 9.17) is 5.73 Å². The number of nitrogen functional groups attached to an aromatic ring is 1. The molecule has 0 aliphatic heterocycles. The van der Waals surface area contributed by atoms with Crippen molar-refractivity contribution in [1.82, 2.24) is 14.8 Å². The van der Waals surface area contributed by atoms with E-state index < -0.39 is 17.3 Å². The average Bonchev–Trinajstić information content (AvgIpc) is 2.56. The normalized spacial score (nSPS) is 11.5. The molecule has 0 spiro atoms. The minimum atomic E-state index is -4.78. The van der Waals surface area contributed by atoms with Crippen LogP contribution < -0.4 is 11.3 Å². The summed E-state index contributed by atoms with van der Waals surface area (Å²) in [6.45, 7) is -0.144. The van der Waals surface area contributed by atoms with E-state index in [1.807, 2.05) is 0 Å². The Hall–Kier alpha value is -3.16. The molecule has 5 nitrogen and oxygen atoms in total. The molecule has 0 saturated heterocycles. The van der Waals surface area contributed by atoms with Crippen LogP contribution in [-0.2, 0) is 12.7 Å². The molecule has 2 aromatic heterocycles. The smallest absolute Gasteiger partial charge is 0.384 e. The van der Waals surface area contributed by atoms with Crippen molar-refractivity contribution in [3.8, 4) is 11.3 Å². The summed E-state index contributed by atoms with van der Waals surface area (Å²) in [5.41, 5.74) is 4.18. The van der Waals surface area contributed by atoms with Gasteiger partial charge in [0, 0.05) is 11.8 Å². The Morgan fingerprint density at radius 3 is 2.44 bits per heavy atom. The van der Waals surface area contributed by atoms with Crippen molar-refractivity contribution in [3.63, 3.8) is 0 Å². The van der Waals surface area contributed by atoms with E-state index in [0.717, 1.165) is 10.7 Å². The fourth-order valence-corrected chi connectivity index (χ4v) is 2.37. The Labute approximate surface area is 140 Å². The van der Waals surface area contributed by atoms with Crippen molar-refractivity contribution >= 4 is 5.82 Å². The first-order valence-corrected chi connectivity index (χ1v) is 7.30. The summed E-state index contributed by atoms with van der Waals surface area (Å²) in [6, 6.07) is 12.2. The number of rotatable bonds is 3. The Morgan fingerprint density at radius 1 is 1.08 bits per heavy atom. The Morgan fingerprint density at radius 2 is 1.80 bits per heavy atom. The highest BCUT2D eigenvalue weighted by atomic mass is 19.4. The van der Waals surface area contributed by atoms with Crippen molar-refractivity contribution < 1.29 is 13.2 Å². The maximum Gasteiger partial charge on any atom is 0.421 e. The molecule has 1 aromatic carbocycles. The highest BCUT2D eigenvalue weighted by Crippen LogP contribution is 2.29. The fourth-order valence-electron chi connectivity index (χ4n) is 2.37. The first kappa shape index (κ1) is 16.7. The predicted molar refractivity (Wildman–Crippen MR) is 86.7 cm³/mol. The minimum Gasteiger partial charge on any atom is -0.384 e. The molecule has 0 saturated carbocycles. The van der Waals surface area contributed by atoms with E-state index in [1.165, 1.54) is 12.3 Å². The summed E-state index contributed by atoms with van der Waals surface area (Å²) < 4.78 is 40.6. The first-order valence-electron chi connectivity index (χ1n) is 7.30. The molecule has 25 heavy (non-hydrogen) atoms. The molecular formula is C17H13F3N4O. The van der Waals surface area contributed by atoms with Crippen molar-refractivity contribution in [2.75, 3.05) is 5.73 Å². The van der Waals surface area contributed by atoms with Crippen molar-refractivity contribution in [2.24, 2.45) is 0 Å². The largest absolute Gasteiger partial charge is 0.421 e. The van der Waals surface area contributed by atoms with Crippen LogP contribution in [0.3, 0.4) is 0 Å². The first-order chi connectivity index (χ1) is 11.8. The van der Waals surface area contributed by atoms with Crippen LogP contribution in [0.1, 0.15) is 11.1 Å². The van der Waals surface area contributed by atoms with Crippen LogP contribution in [0.15, 0.2) is 59.5 Å². The summed E-state index contributed by atoms with van der Waals surface area (Å²) in [6.07, 6.45) is -3.36. The number of hydrogen-bond acceptors (Lipinski definition) is 4. The van der Waals surface area contributed by atoms with Gasteiger partial charge in [0.05, 0.1) is 12.2 Å². The molecule has 0 fully saturated rings. The molecule has 3 rings (SSSR count). The van der Waals surface area contributed by atoms with Gasteiger partial charge in [0.1, 0.15) is 11.4 Å².